The number of hydrogen-bond acceptors (Lipinski definition) is 4. The lowest BCUT2D eigenvalue weighted by Crippen LogP contribution is -2.48. The molecule has 1 aromatic rings. The number of ether oxygens (including phenoxy) is 1. The Hall–Kier alpha value is -2.08. The Morgan fingerprint density at radius 3 is 3.10 bits per heavy atom. The molecule has 3 N–H and O–H groups in total. The molecule has 1 heterocycles. The molecule has 0 aromatic heterocycles. The van der Waals surface area contributed by atoms with Gasteiger partial charge >= 0.3 is 0 Å². The summed E-state index contributed by atoms with van der Waals surface area (Å²) in [4.78, 5) is 25.1. The van der Waals surface area contributed by atoms with Crippen molar-refractivity contribution < 1.29 is 14.3 Å². The number of nitrogens with two attached hydrogens (primary N) is 1. The van der Waals surface area contributed by atoms with Crippen LogP contribution in [0.5, 0.6) is 5.75 Å². The first-order valence-corrected chi connectivity index (χ1v) is 6.55. The van der Waals surface area contributed by atoms with Gasteiger partial charge in [-0.25, -0.2) is 0 Å². The third-order valence-corrected chi connectivity index (χ3v) is 3.22. The van der Waals surface area contributed by atoms with E-state index in [-0.39, 0.29) is 24.4 Å². The highest BCUT2D eigenvalue weighted by atomic mass is 16.5. The van der Waals surface area contributed by atoms with E-state index in [0.29, 0.717) is 30.8 Å². The van der Waals surface area contributed by atoms with Crippen LogP contribution < -0.4 is 15.8 Å². The van der Waals surface area contributed by atoms with Gasteiger partial charge in [0.05, 0.1) is 13.7 Å². The normalized spacial score (nSPS) is 18.8. The second-order valence-electron chi connectivity index (χ2n) is 4.85. The van der Waals surface area contributed by atoms with Crippen LogP contribution in [0.3, 0.4) is 0 Å². The number of nitrogens with zero attached hydrogens (tertiary/aromatic N) is 1. The molecule has 0 bridgehead atoms. The van der Waals surface area contributed by atoms with E-state index in [1.54, 1.807) is 31.4 Å². The van der Waals surface area contributed by atoms with Crippen LogP contribution in [0.15, 0.2) is 24.3 Å². The van der Waals surface area contributed by atoms with E-state index in [9.17, 15) is 9.59 Å². The largest absolute Gasteiger partial charge is 0.497 e. The van der Waals surface area contributed by atoms with Crippen molar-refractivity contribution in [2.75, 3.05) is 25.5 Å². The van der Waals surface area contributed by atoms with Crippen molar-refractivity contribution in [2.24, 2.45) is 5.73 Å². The van der Waals surface area contributed by atoms with Crippen molar-refractivity contribution in [3.63, 3.8) is 0 Å². The minimum Gasteiger partial charge on any atom is -0.497 e. The molecule has 1 aliphatic heterocycles. The smallest absolute Gasteiger partial charge is 0.243 e. The van der Waals surface area contributed by atoms with Crippen LogP contribution in [0.25, 0.3) is 0 Å². The van der Waals surface area contributed by atoms with E-state index in [1.165, 1.54) is 4.90 Å². The number of nitrogens with one attached hydrogen (secondary N) is 1. The van der Waals surface area contributed by atoms with Crippen LogP contribution in [0.1, 0.15) is 12.8 Å². The maximum atomic E-state index is 11.9. The van der Waals surface area contributed by atoms with Crippen LogP contribution in [0.4, 0.5) is 5.69 Å². The number of amides is 2. The molecule has 6 heteroatoms. The number of piperidine rings is 1. The van der Waals surface area contributed by atoms with Crippen LogP contribution >= 0.6 is 0 Å². The molecule has 0 aliphatic carbocycles. The van der Waals surface area contributed by atoms with Gasteiger partial charge in [-0.05, 0) is 18.6 Å². The van der Waals surface area contributed by atoms with E-state index < -0.39 is 0 Å². The van der Waals surface area contributed by atoms with E-state index in [2.05, 4.69) is 5.32 Å². The van der Waals surface area contributed by atoms with E-state index in [1.807, 2.05) is 0 Å². The Labute approximate surface area is 117 Å². The minimum absolute atomic E-state index is 0.0208. The van der Waals surface area contributed by atoms with Gasteiger partial charge in [0.15, 0.2) is 0 Å². The summed E-state index contributed by atoms with van der Waals surface area (Å²) in [6, 6.07) is 7.03. The maximum Gasteiger partial charge on any atom is 0.243 e. The van der Waals surface area contributed by atoms with Crippen molar-refractivity contribution in [3.8, 4) is 5.75 Å². The van der Waals surface area contributed by atoms with Crippen molar-refractivity contribution in [1.82, 2.24) is 4.90 Å². The maximum absolute atomic E-state index is 11.9. The fraction of sp³-hybridized carbons (Fsp3) is 0.429. The highest BCUT2D eigenvalue weighted by Crippen LogP contribution is 2.17. The van der Waals surface area contributed by atoms with Crippen molar-refractivity contribution in [3.05, 3.63) is 24.3 Å². The van der Waals surface area contributed by atoms with Gasteiger partial charge in [0.1, 0.15) is 5.75 Å². The summed E-state index contributed by atoms with van der Waals surface area (Å²) in [5.41, 5.74) is 6.45. The standard InChI is InChI=1S/C14H19N3O3/c1-20-12-4-2-3-11(7-12)16-13(18)9-17-8-10(15)5-6-14(17)19/h2-4,7,10H,5-6,8-9,15H2,1H3,(H,16,18). The highest BCUT2D eigenvalue weighted by molar-refractivity contribution is 5.94. The summed E-state index contributed by atoms with van der Waals surface area (Å²) in [6.07, 6.45) is 1.10. The van der Waals surface area contributed by atoms with Crippen LogP contribution in [0.2, 0.25) is 0 Å². The number of hydrogen-bond donors (Lipinski definition) is 2. The fourth-order valence-electron chi connectivity index (χ4n) is 2.17. The monoisotopic (exact) mass is 277 g/mol. The first kappa shape index (κ1) is 14.3. The fourth-order valence-corrected chi connectivity index (χ4v) is 2.17. The zero-order valence-corrected chi connectivity index (χ0v) is 11.5. The molecule has 1 aromatic carbocycles. The molecule has 1 atom stereocenters. The molecular weight excluding hydrogens is 258 g/mol. The molecular formula is C14H19N3O3. The molecule has 2 amide bonds. The van der Waals surface area contributed by atoms with Gasteiger partial charge in [-0.2, -0.15) is 0 Å². The number of anilines is 1. The van der Waals surface area contributed by atoms with Crippen LogP contribution in [-0.2, 0) is 9.59 Å². The molecule has 0 saturated carbocycles. The van der Waals surface area contributed by atoms with Crippen LogP contribution in [0, 0.1) is 0 Å². The zero-order valence-electron chi connectivity index (χ0n) is 11.5. The molecule has 0 spiro atoms. The average molecular weight is 277 g/mol. The molecule has 108 valence electrons. The Morgan fingerprint density at radius 1 is 1.55 bits per heavy atom. The van der Waals surface area contributed by atoms with Gasteiger partial charge in [-0.1, -0.05) is 6.07 Å². The topological polar surface area (TPSA) is 84.7 Å². The summed E-state index contributed by atoms with van der Waals surface area (Å²) >= 11 is 0. The number of likely N-dealkylation sites (tertiary alicyclic amines) is 1. The molecule has 0 radical (unpaired) electrons. The van der Waals surface area contributed by atoms with Crippen molar-refractivity contribution in [1.29, 1.82) is 0 Å². The summed E-state index contributed by atoms with van der Waals surface area (Å²) < 4.78 is 5.09. The Balaban J connectivity index is 1.93. The lowest BCUT2D eigenvalue weighted by molar-refractivity contribution is -0.137. The van der Waals surface area contributed by atoms with E-state index in [0.717, 1.165) is 0 Å². The second kappa shape index (κ2) is 6.38. The third-order valence-electron chi connectivity index (χ3n) is 3.22. The van der Waals surface area contributed by atoms with Gasteiger partial charge in [0, 0.05) is 30.8 Å². The van der Waals surface area contributed by atoms with Gasteiger partial charge in [0.2, 0.25) is 11.8 Å². The Kier molecular flexibility index (Phi) is 4.57. The lowest BCUT2D eigenvalue weighted by atomic mass is 10.1. The Bertz CT molecular complexity index is 504. The van der Waals surface area contributed by atoms with Gasteiger partial charge in [-0.3, -0.25) is 9.59 Å². The second-order valence-corrected chi connectivity index (χ2v) is 4.85. The number of rotatable bonds is 4. The number of carbonyl (C=O) groups excluding carboxylic acids is 2. The number of benzene rings is 1. The molecule has 1 unspecified atom stereocenters. The molecule has 1 fully saturated rings. The molecule has 1 saturated heterocycles. The summed E-state index contributed by atoms with van der Waals surface area (Å²) in [7, 11) is 1.56. The van der Waals surface area contributed by atoms with E-state index >= 15 is 0 Å². The average Bonchev–Trinajstić information content (AvgIpc) is 2.43. The molecule has 6 nitrogen and oxygen atoms in total. The van der Waals surface area contributed by atoms with Crippen molar-refractivity contribution >= 4 is 17.5 Å². The Morgan fingerprint density at radius 2 is 2.35 bits per heavy atom. The zero-order chi connectivity index (χ0) is 14.5. The quantitative estimate of drug-likeness (QED) is 0.843. The van der Waals surface area contributed by atoms with Crippen molar-refractivity contribution in [2.45, 2.75) is 18.9 Å². The predicted octanol–water partition coefficient (Wildman–Crippen LogP) is 0.583. The third kappa shape index (κ3) is 3.71. The van der Waals surface area contributed by atoms with Crippen LogP contribution in [-0.4, -0.2) is 43.0 Å². The SMILES string of the molecule is COc1cccc(NC(=O)CN2CC(N)CCC2=O)c1. The number of carbonyl (C=O) groups is 2. The summed E-state index contributed by atoms with van der Waals surface area (Å²) in [5, 5.41) is 2.75. The molecule has 2 rings (SSSR count). The van der Waals surface area contributed by atoms with Gasteiger partial charge < -0.3 is 20.7 Å². The predicted molar refractivity (Wildman–Crippen MR) is 75.4 cm³/mol. The number of methoxy groups -OCH3 is 1. The molecule has 20 heavy (non-hydrogen) atoms. The van der Waals surface area contributed by atoms with Gasteiger partial charge in [-0.15, -0.1) is 0 Å². The lowest BCUT2D eigenvalue weighted by Gasteiger charge is -2.30. The minimum atomic E-state index is -0.235. The van der Waals surface area contributed by atoms with E-state index in [4.69, 9.17) is 10.5 Å². The first-order chi connectivity index (χ1) is 9.58. The summed E-state index contributed by atoms with van der Waals surface area (Å²) in [6.45, 7) is 0.466. The first-order valence-electron chi connectivity index (χ1n) is 6.55. The highest BCUT2D eigenvalue weighted by Gasteiger charge is 2.24. The van der Waals surface area contributed by atoms with Gasteiger partial charge in [0.25, 0.3) is 0 Å². The summed E-state index contributed by atoms with van der Waals surface area (Å²) in [5.74, 6) is 0.409. The molecule has 1 aliphatic rings.